The predicted octanol–water partition coefficient (Wildman–Crippen LogP) is 4.66. The van der Waals surface area contributed by atoms with Crippen LogP contribution < -0.4 is 14.8 Å². The minimum absolute atomic E-state index is 0.0466. The SMILES string of the molecule is CCOc1ccccc1Oc1ccc(CNC(=O)N2CCCC2c2cccn2C)cn1. The van der Waals surface area contributed by atoms with Crippen molar-refractivity contribution in [3.63, 3.8) is 0 Å². The van der Waals surface area contributed by atoms with E-state index in [-0.39, 0.29) is 12.1 Å². The lowest BCUT2D eigenvalue weighted by atomic mass is 10.1. The van der Waals surface area contributed by atoms with Crippen molar-refractivity contribution in [2.45, 2.75) is 32.4 Å². The molecule has 4 rings (SSSR count). The fourth-order valence-corrected chi connectivity index (χ4v) is 3.91. The molecule has 1 aliphatic rings. The molecule has 1 unspecified atom stereocenters. The average Bonchev–Trinajstić information content (AvgIpc) is 3.43. The summed E-state index contributed by atoms with van der Waals surface area (Å²) in [7, 11) is 2.02. The van der Waals surface area contributed by atoms with E-state index in [0.717, 1.165) is 24.9 Å². The van der Waals surface area contributed by atoms with Crippen LogP contribution in [0.5, 0.6) is 17.4 Å². The number of carbonyl (C=O) groups excluding carboxylic acids is 1. The van der Waals surface area contributed by atoms with Gasteiger partial charge in [-0.2, -0.15) is 0 Å². The summed E-state index contributed by atoms with van der Waals surface area (Å²) in [6, 6.07) is 15.4. The fourth-order valence-electron chi connectivity index (χ4n) is 3.91. The van der Waals surface area contributed by atoms with E-state index in [9.17, 15) is 4.79 Å². The van der Waals surface area contributed by atoms with Crippen molar-refractivity contribution in [3.05, 3.63) is 72.2 Å². The van der Waals surface area contributed by atoms with Gasteiger partial charge in [-0.1, -0.05) is 18.2 Å². The highest BCUT2D eigenvalue weighted by Gasteiger charge is 2.31. The van der Waals surface area contributed by atoms with Crippen molar-refractivity contribution in [1.29, 1.82) is 0 Å². The van der Waals surface area contributed by atoms with Crippen LogP contribution in [0.1, 0.15) is 37.1 Å². The predicted molar refractivity (Wildman–Crippen MR) is 118 cm³/mol. The Bertz CT molecular complexity index is 1020. The number of hydrogen-bond donors (Lipinski definition) is 1. The van der Waals surface area contributed by atoms with Crippen molar-refractivity contribution >= 4 is 6.03 Å². The smallest absolute Gasteiger partial charge is 0.318 e. The van der Waals surface area contributed by atoms with E-state index in [2.05, 4.69) is 20.9 Å². The van der Waals surface area contributed by atoms with Gasteiger partial charge in [0.05, 0.1) is 12.6 Å². The number of pyridine rings is 1. The number of amides is 2. The Balaban J connectivity index is 1.34. The summed E-state index contributed by atoms with van der Waals surface area (Å²) in [4.78, 5) is 19.1. The van der Waals surface area contributed by atoms with Gasteiger partial charge in [0, 0.05) is 44.3 Å². The second kappa shape index (κ2) is 9.55. The highest BCUT2D eigenvalue weighted by Crippen LogP contribution is 2.32. The van der Waals surface area contributed by atoms with Crippen molar-refractivity contribution in [2.75, 3.05) is 13.2 Å². The zero-order chi connectivity index (χ0) is 21.6. The van der Waals surface area contributed by atoms with Crippen molar-refractivity contribution in [3.8, 4) is 17.4 Å². The first-order valence-electron chi connectivity index (χ1n) is 10.7. The molecule has 162 valence electrons. The number of hydrogen-bond acceptors (Lipinski definition) is 4. The van der Waals surface area contributed by atoms with Crippen LogP contribution in [0.2, 0.25) is 0 Å². The number of para-hydroxylation sites is 2. The van der Waals surface area contributed by atoms with Gasteiger partial charge in [0.1, 0.15) is 0 Å². The summed E-state index contributed by atoms with van der Waals surface area (Å²) >= 11 is 0. The topological polar surface area (TPSA) is 68.6 Å². The van der Waals surface area contributed by atoms with Crippen LogP contribution in [-0.4, -0.2) is 33.6 Å². The number of carbonyl (C=O) groups is 1. The van der Waals surface area contributed by atoms with E-state index >= 15 is 0 Å². The minimum atomic E-state index is -0.0466. The van der Waals surface area contributed by atoms with Crippen LogP contribution in [-0.2, 0) is 13.6 Å². The van der Waals surface area contributed by atoms with E-state index < -0.39 is 0 Å². The summed E-state index contributed by atoms with van der Waals surface area (Å²) in [6.45, 7) is 3.68. The molecule has 31 heavy (non-hydrogen) atoms. The quantitative estimate of drug-likeness (QED) is 0.604. The number of nitrogens with zero attached hydrogens (tertiary/aromatic N) is 3. The molecule has 3 heterocycles. The van der Waals surface area contributed by atoms with Crippen LogP contribution in [0.4, 0.5) is 4.79 Å². The number of ether oxygens (including phenoxy) is 2. The molecular weight excluding hydrogens is 392 g/mol. The summed E-state index contributed by atoms with van der Waals surface area (Å²) < 4.78 is 13.5. The Morgan fingerprint density at radius 2 is 2.00 bits per heavy atom. The standard InChI is InChI=1S/C24H28N4O3/c1-3-30-21-10-4-5-11-22(21)31-23-13-12-18(16-25-23)17-26-24(29)28-15-7-9-20(28)19-8-6-14-27(19)2/h4-6,8,10-14,16,20H,3,7,9,15,17H2,1-2H3,(H,26,29). The van der Waals surface area contributed by atoms with Crippen molar-refractivity contribution in [1.82, 2.24) is 19.8 Å². The molecule has 0 bridgehead atoms. The molecule has 0 spiro atoms. The number of aromatic nitrogens is 2. The van der Waals surface area contributed by atoms with E-state index in [1.807, 2.05) is 61.5 Å². The molecule has 0 aliphatic carbocycles. The first-order chi connectivity index (χ1) is 15.2. The molecule has 1 aliphatic heterocycles. The number of benzene rings is 1. The zero-order valence-electron chi connectivity index (χ0n) is 18.0. The number of urea groups is 1. The lowest BCUT2D eigenvalue weighted by Crippen LogP contribution is -2.39. The molecule has 1 saturated heterocycles. The molecule has 1 atom stereocenters. The number of aryl methyl sites for hydroxylation is 1. The monoisotopic (exact) mass is 420 g/mol. The lowest BCUT2D eigenvalue weighted by Gasteiger charge is -2.25. The molecule has 7 nitrogen and oxygen atoms in total. The maximum atomic E-state index is 12.8. The Morgan fingerprint density at radius 3 is 2.71 bits per heavy atom. The van der Waals surface area contributed by atoms with Crippen molar-refractivity contribution < 1.29 is 14.3 Å². The third kappa shape index (κ3) is 4.82. The first kappa shape index (κ1) is 20.8. The Labute approximate surface area is 182 Å². The third-order valence-electron chi connectivity index (χ3n) is 5.44. The largest absolute Gasteiger partial charge is 0.490 e. The maximum absolute atomic E-state index is 12.8. The summed E-state index contributed by atoms with van der Waals surface area (Å²) in [5.41, 5.74) is 2.08. The highest BCUT2D eigenvalue weighted by molar-refractivity contribution is 5.75. The molecule has 1 aromatic carbocycles. The van der Waals surface area contributed by atoms with E-state index in [1.54, 1.807) is 12.3 Å². The van der Waals surface area contributed by atoms with Gasteiger partial charge in [0.15, 0.2) is 11.5 Å². The molecule has 2 amide bonds. The molecule has 0 radical (unpaired) electrons. The lowest BCUT2D eigenvalue weighted by molar-refractivity contribution is 0.191. The van der Waals surface area contributed by atoms with Gasteiger partial charge < -0.3 is 24.3 Å². The first-order valence-corrected chi connectivity index (χ1v) is 10.7. The van der Waals surface area contributed by atoms with Gasteiger partial charge in [-0.25, -0.2) is 9.78 Å². The average molecular weight is 421 g/mol. The van der Waals surface area contributed by atoms with Crippen LogP contribution in [0, 0.1) is 0 Å². The summed E-state index contributed by atoms with van der Waals surface area (Å²) in [5.74, 6) is 1.78. The molecule has 2 aromatic heterocycles. The third-order valence-corrected chi connectivity index (χ3v) is 5.44. The molecule has 1 N–H and O–H groups in total. The van der Waals surface area contributed by atoms with E-state index in [0.29, 0.717) is 30.5 Å². The second-order valence-electron chi connectivity index (χ2n) is 7.54. The molecule has 0 saturated carbocycles. The molecular formula is C24H28N4O3. The van der Waals surface area contributed by atoms with Gasteiger partial charge in [0.25, 0.3) is 0 Å². The van der Waals surface area contributed by atoms with Crippen LogP contribution in [0.25, 0.3) is 0 Å². The van der Waals surface area contributed by atoms with Gasteiger partial charge in [0.2, 0.25) is 5.88 Å². The fraction of sp³-hybridized carbons (Fsp3) is 0.333. The van der Waals surface area contributed by atoms with Crippen LogP contribution in [0.15, 0.2) is 60.9 Å². The van der Waals surface area contributed by atoms with E-state index in [1.165, 1.54) is 5.69 Å². The molecule has 1 fully saturated rings. The van der Waals surface area contributed by atoms with Gasteiger partial charge in [-0.3, -0.25) is 0 Å². The highest BCUT2D eigenvalue weighted by atomic mass is 16.5. The maximum Gasteiger partial charge on any atom is 0.318 e. The van der Waals surface area contributed by atoms with Gasteiger partial charge >= 0.3 is 6.03 Å². The van der Waals surface area contributed by atoms with Gasteiger partial charge in [-0.05, 0) is 49.6 Å². The molecule has 3 aromatic rings. The van der Waals surface area contributed by atoms with Crippen molar-refractivity contribution in [2.24, 2.45) is 7.05 Å². The van der Waals surface area contributed by atoms with Crippen LogP contribution >= 0.6 is 0 Å². The Hall–Kier alpha value is -3.48. The number of nitrogens with one attached hydrogen (secondary N) is 1. The Kier molecular flexibility index (Phi) is 6.40. The van der Waals surface area contributed by atoms with Gasteiger partial charge in [-0.15, -0.1) is 0 Å². The van der Waals surface area contributed by atoms with E-state index in [4.69, 9.17) is 9.47 Å². The Morgan fingerprint density at radius 1 is 1.16 bits per heavy atom. The number of likely N-dealkylation sites (tertiary alicyclic amines) is 1. The second-order valence-corrected chi connectivity index (χ2v) is 7.54. The van der Waals surface area contributed by atoms with Crippen LogP contribution in [0.3, 0.4) is 0 Å². The normalized spacial score (nSPS) is 15.7. The minimum Gasteiger partial charge on any atom is -0.490 e. The number of rotatable bonds is 7. The summed E-state index contributed by atoms with van der Waals surface area (Å²) in [5, 5.41) is 3.02. The molecule has 7 heteroatoms. The summed E-state index contributed by atoms with van der Waals surface area (Å²) in [6.07, 6.45) is 5.74. The zero-order valence-corrected chi connectivity index (χ0v) is 18.0.